The van der Waals surface area contributed by atoms with Gasteiger partial charge in [-0.25, -0.2) is 9.78 Å². The molecule has 0 spiro atoms. The van der Waals surface area contributed by atoms with Crippen LogP contribution in [0.4, 0.5) is 4.79 Å². The summed E-state index contributed by atoms with van der Waals surface area (Å²) < 4.78 is 4.65. The molecule has 0 radical (unpaired) electrons. The van der Waals surface area contributed by atoms with E-state index in [2.05, 4.69) is 16.6 Å². The van der Waals surface area contributed by atoms with Gasteiger partial charge in [-0.1, -0.05) is 45.1 Å². The second-order valence-electron chi connectivity index (χ2n) is 4.35. The Labute approximate surface area is 108 Å². The highest BCUT2D eigenvalue weighted by atomic mass is 16.7. The zero-order valence-corrected chi connectivity index (χ0v) is 10.9. The fourth-order valence-corrected chi connectivity index (χ4v) is 1.88. The number of hydrogen-bond acceptors (Lipinski definition) is 3. The lowest BCUT2D eigenvalue weighted by atomic mass is 10.1. The van der Waals surface area contributed by atoms with E-state index in [1.54, 1.807) is 12.3 Å². The van der Waals surface area contributed by atoms with Crippen molar-refractivity contribution in [2.24, 2.45) is 0 Å². The molecule has 18 heavy (non-hydrogen) atoms. The molecule has 0 aromatic carbocycles. The molecule has 0 unspecified atom stereocenters. The SMILES string of the molecule is CCCCCCCCc1cccnc1OC(=O)O. The first-order valence-electron chi connectivity index (χ1n) is 6.58. The number of ether oxygens (including phenoxy) is 1. The Bertz CT molecular complexity index is 366. The van der Waals surface area contributed by atoms with E-state index < -0.39 is 6.16 Å². The highest BCUT2D eigenvalue weighted by Gasteiger charge is 2.08. The third-order valence-electron chi connectivity index (χ3n) is 2.83. The van der Waals surface area contributed by atoms with Crippen molar-refractivity contribution < 1.29 is 14.6 Å². The maximum Gasteiger partial charge on any atom is 0.512 e. The van der Waals surface area contributed by atoms with Crippen molar-refractivity contribution in [1.82, 2.24) is 4.98 Å². The van der Waals surface area contributed by atoms with Crippen LogP contribution in [0.3, 0.4) is 0 Å². The van der Waals surface area contributed by atoms with Gasteiger partial charge in [0.05, 0.1) is 0 Å². The predicted molar refractivity (Wildman–Crippen MR) is 70.0 cm³/mol. The maximum atomic E-state index is 10.5. The van der Waals surface area contributed by atoms with Gasteiger partial charge in [-0.3, -0.25) is 0 Å². The summed E-state index contributed by atoms with van der Waals surface area (Å²) in [4.78, 5) is 14.5. The molecule has 1 aromatic heterocycles. The Morgan fingerprint density at radius 3 is 2.72 bits per heavy atom. The molecule has 0 amide bonds. The number of unbranched alkanes of at least 4 members (excludes halogenated alkanes) is 5. The molecule has 0 aliphatic heterocycles. The van der Waals surface area contributed by atoms with E-state index in [0.717, 1.165) is 18.4 Å². The van der Waals surface area contributed by atoms with Crippen LogP contribution < -0.4 is 4.74 Å². The molecule has 1 heterocycles. The van der Waals surface area contributed by atoms with Crippen LogP contribution >= 0.6 is 0 Å². The van der Waals surface area contributed by atoms with Gasteiger partial charge in [0.1, 0.15) is 0 Å². The van der Waals surface area contributed by atoms with Gasteiger partial charge in [-0.15, -0.1) is 0 Å². The standard InChI is InChI=1S/C14H21NO3/c1-2-3-4-5-6-7-9-12-10-8-11-15-13(12)18-14(16)17/h8,10-11H,2-7,9H2,1H3,(H,16,17). The fraction of sp³-hybridized carbons (Fsp3) is 0.571. The smallest absolute Gasteiger partial charge is 0.449 e. The maximum absolute atomic E-state index is 10.5. The van der Waals surface area contributed by atoms with E-state index in [4.69, 9.17) is 5.11 Å². The van der Waals surface area contributed by atoms with Crippen molar-refractivity contribution in [2.75, 3.05) is 0 Å². The summed E-state index contributed by atoms with van der Waals surface area (Å²) in [5.41, 5.74) is 0.871. The highest BCUT2D eigenvalue weighted by molar-refractivity contribution is 5.60. The van der Waals surface area contributed by atoms with Crippen LogP contribution in [0.5, 0.6) is 5.88 Å². The van der Waals surface area contributed by atoms with E-state index in [-0.39, 0.29) is 5.88 Å². The van der Waals surface area contributed by atoms with Gasteiger partial charge in [-0.05, 0) is 18.9 Å². The summed E-state index contributed by atoms with van der Waals surface area (Å²) in [6.07, 6.45) is 8.33. The van der Waals surface area contributed by atoms with Crippen molar-refractivity contribution in [1.29, 1.82) is 0 Å². The number of aromatic nitrogens is 1. The van der Waals surface area contributed by atoms with Crippen molar-refractivity contribution >= 4 is 6.16 Å². The molecule has 0 aliphatic carbocycles. The van der Waals surface area contributed by atoms with E-state index in [0.29, 0.717) is 0 Å². The van der Waals surface area contributed by atoms with Crippen LogP contribution in [0.25, 0.3) is 0 Å². The quantitative estimate of drug-likeness (QED) is 0.559. The summed E-state index contributed by atoms with van der Waals surface area (Å²) in [6.45, 7) is 2.20. The second-order valence-corrected chi connectivity index (χ2v) is 4.35. The van der Waals surface area contributed by atoms with Gasteiger partial charge < -0.3 is 9.84 Å². The van der Waals surface area contributed by atoms with Gasteiger partial charge in [0, 0.05) is 11.8 Å². The van der Waals surface area contributed by atoms with Gasteiger partial charge in [0.25, 0.3) is 0 Å². The van der Waals surface area contributed by atoms with Crippen molar-refractivity contribution in [3.8, 4) is 5.88 Å². The average molecular weight is 251 g/mol. The highest BCUT2D eigenvalue weighted by Crippen LogP contribution is 2.18. The largest absolute Gasteiger partial charge is 0.512 e. The Hall–Kier alpha value is -1.58. The van der Waals surface area contributed by atoms with Crippen molar-refractivity contribution in [3.63, 3.8) is 0 Å². The number of pyridine rings is 1. The van der Waals surface area contributed by atoms with Gasteiger partial charge in [-0.2, -0.15) is 0 Å². The molecular weight excluding hydrogens is 230 g/mol. The van der Waals surface area contributed by atoms with E-state index in [1.165, 1.54) is 32.1 Å². The monoisotopic (exact) mass is 251 g/mol. The first-order valence-corrected chi connectivity index (χ1v) is 6.58. The minimum Gasteiger partial charge on any atom is -0.449 e. The molecule has 0 atom stereocenters. The van der Waals surface area contributed by atoms with Crippen LogP contribution in [-0.4, -0.2) is 16.2 Å². The van der Waals surface area contributed by atoms with Gasteiger partial charge >= 0.3 is 6.16 Å². The molecule has 0 saturated carbocycles. The van der Waals surface area contributed by atoms with Crippen LogP contribution in [0, 0.1) is 0 Å². The number of hydrogen-bond donors (Lipinski definition) is 1. The Morgan fingerprint density at radius 1 is 1.28 bits per heavy atom. The Balaban J connectivity index is 2.34. The molecule has 1 N–H and O–H groups in total. The minimum atomic E-state index is -1.31. The lowest BCUT2D eigenvalue weighted by Gasteiger charge is -2.06. The molecule has 4 nitrogen and oxygen atoms in total. The Morgan fingerprint density at radius 2 is 2.00 bits per heavy atom. The molecular formula is C14H21NO3. The normalized spacial score (nSPS) is 10.3. The third kappa shape index (κ3) is 5.66. The summed E-state index contributed by atoms with van der Waals surface area (Å²) in [5, 5.41) is 8.60. The summed E-state index contributed by atoms with van der Waals surface area (Å²) in [5.74, 6) is 0.221. The molecule has 0 saturated heterocycles. The van der Waals surface area contributed by atoms with Crippen molar-refractivity contribution in [2.45, 2.75) is 51.9 Å². The van der Waals surface area contributed by atoms with Gasteiger partial charge in [0.2, 0.25) is 5.88 Å². The molecule has 4 heteroatoms. The summed E-state index contributed by atoms with van der Waals surface area (Å²) >= 11 is 0. The predicted octanol–water partition coefficient (Wildman–Crippen LogP) is 4.04. The zero-order chi connectivity index (χ0) is 13.2. The van der Waals surface area contributed by atoms with Crippen LogP contribution in [0.15, 0.2) is 18.3 Å². The number of aryl methyl sites for hydroxylation is 1. The van der Waals surface area contributed by atoms with E-state index >= 15 is 0 Å². The lowest BCUT2D eigenvalue weighted by Crippen LogP contribution is -2.06. The Kier molecular flexibility index (Phi) is 6.84. The van der Waals surface area contributed by atoms with E-state index in [9.17, 15) is 4.79 Å². The van der Waals surface area contributed by atoms with Crippen LogP contribution in [0.2, 0.25) is 0 Å². The fourth-order valence-electron chi connectivity index (χ4n) is 1.88. The third-order valence-corrected chi connectivity index (χ3v) is 2.83. The number of carbonyl (C=O) groups is 1. The van der Waals surface area contributed by atoms with Gasteiger partial charge in [0.15, 0.2) is 0 Å². The zero-order valence-electron chi connectivity index (χ0n) is 10.9. The number of rotatable bonds is 8. The molecule has 0 aliphatic rings. The number of nitrogens with zero attached hydrogens (tertiary/aromatic N) is 1. The lowest BCUT2D eigenvalue weighted by molar-refractivity contribution is 0.142. The minimum absolute atomic E-state index is 0.221. The first-order chi connectivity index (χ1) is 8.74. The molecule has 0 bridgehead atoms. The average Bonchev–Trinajstić information content (AvgIpc) is 2.35. The number of carboxylic acid groups (broad SMARTS) is 1. The first kappa shape index (κ1) is 14.5. The van der Waals surface area contributed by atoms with Crippen molar-refractivity contribution in [3.05, 3.63) is 23.9 Å². The molecule has 1 aromatic rings. The molecule has 100 valence electrons. The van der Waals surface area contributed by atoms with Crippen LogP contribution in [0.1, 0.15) is 51.0 Å². The topological polar surface area (TPSA) is 59.4 Å². The van der Waals surface area contributed by atoms with E-state index in [1.807, 2.05) is 6.07 Å². The second kappa shape index (κ2) is 8.50. The molecule has 0 fully saturated rings. The van der Waals surface area contributed by atoms with Crippen LogP contribution in [-0.2, 0) is 6.42 Å². The molecule has 1 rings (SSSR count). The summed E-state index contributed by atoms with van der Waals surface area (Å²) in [6, 6.07) is 3.68. The summed E-state index contributed by atoms with van der Waals surface area (Å²) in [7, 11) is 0.